The Morgan fingerprint density at radius 1 is 0.444 bits per heavy atom. The third-order valence-electron chi connectivity index (χ3n) is 1.12. The molecule has 0 aliphatic carbocycles. The van der Waals surface area contributed by atoms with E-state index >= 15 is 0 Å². The van der Waals surface area contributed by atoms with Crippen molar-refractivity contribution in [2.24, 2.45) is 0 Å². The fourth-order valence-corrected chi connectivity index (χ4v) is 216. The molecule has 0 aromatic carbocycles. The minimum Gasteiger partial charge on any atom is -0.114 e. The van der Waals surface area contributed by atoms with Crippen molar-refractivity contribution in [2.75, 3.05) is 0 Å². The average Bonchev–Trinajstić information content (AvgIpc) is 1.84. The van der Waals surface area contributed by atoms with Crippen LogP contribution in [0.1, 0.15) is 0 Å². The third-order valence-corrected chi connectivity index (χ3v) is 187. The summed E-state index contributed by atoms with van der Waals surface area (Å²) in [5.41, 5.74) is 0. The minimum atomic E-state index is -1.25. The van der Waals surface area contributed by atoms with Gasteiger partial charge in [0.1, 0.15) is 0 Å². The highest BCUT2D eigenvalue weighted by molar-refractivity contribution is 9.88. The Hall–Kier alpha value is 3.53. The predicted molar refractivity (Wildman–Crippen MR) is 70.8 cm³/mol. The van der Waals surface area contributed by atoms with Crippen LogP contribution in [0.15, 0.2) is 0 Å². The summed E-state index contributed by atoms with van der Waals surface area (Å²) in [6.07, 6.45) is 0. The van der Waals surface area contributed by atoms with Gasteiger partial charge in [0.2, 0.25) is 13.0 Å². The molecule has 0 bridgehead atoms. The molecule has 1 heterocycles. The monoisotopic (exact) mass is 557 g/mol. The predicted octanol–water partition coefficient (Wildman–Crippen LogP) is 3.93. The number of rotatable bonds is 0. The molecule has 1 fully saturated rings. The first-order valence-corrected chi connectivity index (χ1v) is 24.4. The SMILES string of the molecule is Br[Si]1(Br)[Si](Br)(Br)[Si]1(Br)Br. The molecular weight excluding hydrogens is 564 g/mol. The average molecular weight is 564 g/mol. The minimum absolute atomic E-state index is 1.25. The Balaban J connectivity index is 2.91. The van der Waals surface area contributed by atoms with Crippen molar-refractivity contribution in [3.63, 3.8) is 0 Å². The molecule has 54 valence electrons. The van der Waals surface area contributed by atoms with Crippen molar-refractivity contribution < 1.29 is 0 Å². The molecule has 1 aliphatic rings. The Morgan fingerprint density at radius 2 is 0.556 bits per heavy atom. The molecule has 0 spiro atoms. The van der Waals surface area contributed by atoms with Gasteiger partial charge in [-0.2, -0.15) is 0 Å². The molecule has 9 heavy (non-hydrogen) atoms. The van der Waals surface area contributed by atoms with Gasteiger partial charge < -0.3 is 0 Å². The lowest BCUT2D eigenvalue weighted by atomic mass is 27.0. The van der Waals surface area contributed by atoms with Crippen LogP contribution in [0, 0.1) is 0 Å². The van der Waals surface area contributed by atoms with Crippen LogP contribution >= 0.6 is 91.8 Å². The molecule has 0 amide bonds. The van der Waals surface area contributed by atoms with E-state index in [-0.39, 0.29) is 0 Å². The first-order valence-electron chi connectivity index (χ1n) is 1.88. The van der Waals surface area contributed by atoms with E-state index < -0.39 is 13.0 Å². The Kier molecular flexibility index (Phi) is 3.25. The molecule has 0 nitrogen and oxygen atoms in total. The maximum absolute atomic E-state index is 3.72. The van der Waals surface area contributed by atoms with Crippen molar-refractivity contribution >= 4 is 105 Å². The summed E-state index contributed by atoms with van der Waals surface area (Å²) in [6, 6.07) is 0. The highest BCUT2D eigenvalue weighted by atomic mass is 79.9. The van der Waals surface area contributed by atoms with Gasteiger partial charge in [-0.3, -0.25) is 0 Å². The molecule has 9 heteroatoms. The van der Waals surface area contributed by atoms with E-state index in [0.717, 1.165) is 0 Å². The topological polar surface area (TPSA) is 0 Å². The standard InChI is InChI=1S/Br6Si3/c1-7(2)8(3,4)9(7,5)6. The van der Waals surface area contributed by atoms with Crippen LogP contribution < -0.4 is 0 Å². The number of halogens is 6. The Labute approximate surface area is 103 Å². The van der Waals surface area contributed by atoms with Crippen molar-refractivity contribution in [3.8, 4) is 0 Å². The first-order chi connectivity index (χ1) is 3.75. The van der Waals surface area contributed by atoms with Gasteiger partial charge in [-0.1, -0.05) is 0 Å². The lowest BCUT2D eigenvalue weighted by Crippen LogP contribution is -2.07. The quantitative estimate of drug-likeness (QED) is 0.310. The van der Waals surface area contributed by atoms with Crippen molar-refractivity contribution in [2.45, 2.75) is 0 Å². The zero-order chi connectivity index (χ0) is 7.50. The summed E-state index contributed by atoms with van der Waals surface area (Å²) >= 11 is 22.3. The van der Waals surface area contributed by atoms with Crippen molar-refractivity contribution in [1.29, 1.82) is 0 Å². The largest absolute Gasteiger partial charge is 0.229 e. The van der Waals surface area contributed by atoms with Crippen molar-refractivity contribution in [1.82, 2.24) is 0 Å². The second-order valence-electron chi connectivity index (χ2n) is 1.72. The van der Waals surface area contributed by atoms with Gasteiger partial charge in [0.15, 0.2) is 0 Å². The highest BCUT2D eigenvalue weighted by Gasteiger charge is 2.90. The number of hydrogen-bond acceptors (Lipinski definition) is 0. The summed E-state index contributed by atoms with van der Waals surface area (Å²) in [5.74, 6) is 0. The summed E-state index contributed by atoms with van der Waals surface area (Å²) in [7, 11) is 0. The van der Waals surface area contributed by atoms with Gasteiger partial charge in [-0.25, -0.2) is 0 Å². The fraction of sp³-hybridized carbons (Fsp3) is 0. The first kappa shape index (κ1) is 10.6. The second-order valence-corrected chi connectivity index (χ2v) is 80.5. The van der Waals surface area contributed by atoms with Crippen LogP contribution in [-0.2, 0) is 0 Å². The molecular formula is Br6Si3. The zero-order valence-corrected chi connectivity index (χ0v) is 16.3. The van der Waals surface area contributed by atoms with Gasteiger partial charge in [0.05, 0.1) is 0 Å². The van der Waals surface area contributed by atoms with E-state index in [1.807, 2.05) is 0 Å². The van der Waals surface area contributed by atoms with E-state index in [9.17, 15) is 0 Å². The molecule has 0 aromatic rings. The summed E-state index contributed by atoms with van der Waals surface area (Å²) in [4.78, 5) is 0. The second kappa shape index (κ2) is 2.76. The van der Waals surface area contributed by atoms with Gasteiger partial charge in [-0.15, -0.1) is 91.8 Å². The maximum Gasteiger partial charge on any atom is 0.229 e. The van der Waals surface area contributed by atoms with Gasteiger partial charge in [-0.05, 0) is 0 Å². The molecule has 0 saturated carbocycles. The van der Waals surface area contributed by atoms with Gasteiger partial charge in [0.25, 0.3) is 0 Å². The maximum atomic E-state index is 3.72. The van der Waals surface area contributed by atoms with Crippen LogP contribution in [0.5, 0.6) is 0 Å². The Bertz CT molecular complexity index is 106. The van der Waals surface area contributed by atoms with E-state index in [4.69, 9.17) is 0 Å². The summed E-state index contributed by atoms with van der Waals surface area (Å²) in [6.45, 7) is 0. The van der Waals surface area contributed by atoms with E-state index in [0.29, 0.717) is 0 Å². The van der Waals surface area contributed by atoms with Crippen LogP contribution in [0.2, 0.25) is 0 Å². The van der Waals surface area contributed by atoms with Gasteiger partial charge >= 0.3 is 0 Å². The smallest absolute Gasteiger partial charge is 0.114 e. The Morgan fingerprint density at radius 3 is 0.556 bits per heavy atom. The molecule has 0 atom stereocenters. The van der Waals surface area contributed by atoms with E-state index in [1.165, 1.54) is 0 Å². The van der Waals surface area contributed by atoms with E-state index in [1.54, 1.807) is 0 Å². The van der Waals surface area contributed by atoms with Crippen molar-refractivity contribution in [3.05, 3.63) is 0 Å². The van der Waals surface area contributed by atoms with E-state index in [2.05, 4.69) is 91.8 Å². The summed E-state index contributed by atoms with van der Waals surface area (Å²) < 4.78 is -3.74. The molecule has 0 radical (unpaired) electrons. The van der Waals surface area contributed by atoms with Crippen LogP contribution in [0.3, 0.4) is 0 Å². The molecule has 1 rings (SSSR count). The fourth-order valence-electron chi connectivity index (χ4n) is 0.356. The molecule has 0 aromatic heterocycles. The molecule has 1 aliphatic heterocycles. The summed E-state index contributed by atoms with van der Waals surface area (Å²) in [5, 5.41) is 0. The van der Waals surface area contributed by atoms with Crippen LogP contribution in [0.4, 0.5) is 0 Å². The molecule has 1 saturated heterocycles. The third kappa shape index (κ3) is 1.29. The van der Waals surface area contributed by atoms with Crippen LogP contribution in [-0.4, -0.2) is 13.0 Å². The zero-order valence-electron chi connectivity index (χ0n) is 3.77. The molecule has 0 unspecified atom stereocenters. The van der Waals surface area contributed by atoms with Gasteiger partial charge in [0, 0.05) is 0 Å². The normalized spacial score (nSPS) is 34.0. The molecule has 0 N–H and O–H groups in total. The lowest BCUT2D eigenvalue weighted by molar-refractivity contribution is 4.32. The highest BCUT2D eigenvalue weighted by Crippen LogP contribution is 2.70. The number of hydrogen-bond donors (Lipinski definition) is 0. The lowest BCUT2D eigenvalue weighted by Gasteiger charge is -1.89. The van der Waals surface area contributed by atoms with Crippen LogP contribution in [0.25, 0.3) is 0 Å².